The van der Waals surface area contributed by atoms with Gasteiger partial charge in [-0.3, -0.25) is 9.69 Å². The topological polar surface area (TPSA) is 79.9 Å². The van der Waals surface area contributed by atoms with Gasteiger partial charge in [0.25, 0.3) is 5.91 Å². The zero-order valence-corrected chi connectivity index (χ0v) is 16.5. The molecule has 136 valence electrons. The van der Waals surface area contributed by atoms with Crippen LogP contribution in [0.2, 0.25) is 0 Å². The number of carbonyl (C=O) groups excluding carboxylic acids is 2. The van der Waals surface area contributed by atoms with Crippen LogP contribution in [0, 0.1) is 3.57 Å². The number of rotatable bonds is 5. The summed E-state index contributed by atoms with van der Waals surface area (Å²) in [6.45, 7) is 1.21. The van der Waals surface area contributed by atoms with Crippen LogP contribution in [0.15, 0.2) is 36.4 Å². The average molecular weight is 467 g/mol. The van der Waals surface area contributed by atoms with Gasteiger partial charge < -0.3 is 20.1 Å². The molecule has 2 N–H and O–H groups in total. The highest BCUT2D eigenvalue weighted by molar-refractivity contribution is 14.1. The zero-order chi connectivity index (χ0) is 18.7. The van der Waals surface area contributed by atoms with E-state index in [1.165, 1.54) is 7.11 Å². The summed E-state index contributed by atoms with van der Waals surface area (Å²) in [5, 5.41) is 5.63. The lowest BCUT2D eigenvalue weighted by Gasteiger charge is -2.16. The van der Waals surface area contributed by atoms with Crippen molar-refractivity contribution in [2.24, 2.45) is 0 Å². The van der Waals surface area contributed by atoms with E-state index >= 15 is 0 Å². The number of hydrogen-bond acceptors (Lipinski definition) is 4. The predicted octanol–water partition coefficient (Wildman–Crippen LogP) is 3.09. The van der Waals surface area contributed by atoms with Gasteiger partial charge in [0.1, 0.15) is 0 Å². The molecular formula is C18H18IN3O4. The Bertz CT molecular complexity index is 856. The SMILES string of the molecule is COc1cc(I)c(C(=O)Nc2cccc(N3CCNC3=O)c2)cc1OC. The molecule has 1 aliphatic rings. The fourth-order valence-electron chi connectivity index (χ4n) is 2.70. The van der Waals surface area contributed by atoms with Crippen molar-refractivity contribution in [3.8, 4) is 11.5 Å². The Hall–Kier alpha value is -2.49. The summed E-state index contributed by atoms with van der Waals surface area (Å²) in [4.78, 5) is 26.1. The highest BCUT2D eigenvalue weighted by atomic mass is 127. The Labute approximate surface area is 164 Å². The van der Waals surface area contributed by atoms with Crippen molar-refractivity contribution >= 4 is 45.9 Å². The molecule has 7 nitrogen and oxygen atoms in total. The molecule has 0 saturated carbocycles. The first-order chi connectivity index (χ1) is 12.5. The van der Waals surface area contributed by atoms with Crippen molar-refractivity contribution in [3.63, 3.8) is 0 Å². The summed E-state index contributed by atoms with van der Waals surface area (Å²) in [5.74, 6) is 0.787. The molecule has 8 heteroatoms. The maximum absolute atomic E-state index is 12.7. The van der Waals surface area contributed by atoms with Crippen LogP contribution in [0.1, 0.15) is 10.4 Å². The van der Waals surface area contributed by atoms with Crippen LogP contribution in [0.4, 0.5) is 16.2 Å². The molecule has 2 aromatic rings. The van der Waals surface area contributed by atoms with E-state index < -0.39 is 0 Å². The van der Waals surface area contributed by atoms with E-state index in [4.69, 9.17) is 9.47 Å². The summed E-state index contributed by atoms with van der Waals surface area (Å²) in [5.41, 5.74) is 1.82. The number of ether oxygens (including phenoxy) is 2. The van der Waals surface area contributed by atoms with Crippen molar-refractivity contribution in [3.05, 3.63) is 45.5 Å². The van der Waals surface area contributed by atoms with Crippen LogP contribution in [-0.2, 0) is 0 Å². The Kier molecular flexibility index (Phi) is 5.50. The minimum absolute atomic E-state index is 0.136. The second kappa shape index (κ2) is 7.81. The van der Waals surface area contributed by atoms with Crippen LogP contribution < -0.4 is 25.0 Å². The molecule has 0 aromatic heterocycles. The maximum atomic E-state index is 12.7. The molecule has 1 saturated heterocycles. The summed E-state index contributed by atoms with van der Waals surface area (Å²) < 4.78 is 11.3. The van der Waals surface area contributed by atoms with Gasteiger partial charge in [-0.05, 0) is 52.9 Å². The number of hydrogen-bond donors (Lipinski definition) is 2. The molecule has 1 fully saturated rings. The molecule has 0 unspecified atom stereocenters. The minimum atomic E-state index is -0.265. The van der Waals surface area contributed by atoms with Gasteiger partial charge in [0, 0.05) is 28.0 Å². The van der Waals surface area contributed by atoms with Crippen LogP contribution in [-0.4, -0.2) is 39.2 Å². The third kappa shape index (κ3) is 3.69. The van der Waals surface area contributed by atoms with Gasteiger partial charge in [-0.25, -0.2) is 4.79 Å². The van der Waals surface area contributed by atoms with Crippen molar-refractivity contribution < 1.29 is 19.1 Å². The first kappa shape index (κ1) is 18.3. The number of nitrogens with one attached hydrogen (secondary N) is 2. The van der Waals surface area contributed by atoms with Gasteiger partial charge in [0.05, 0.1) is 19.8 Å². The second-order valence-corrected chi connectivity index (χ2v) is 6.74. The molecule has 2 aromatic carbocycles. The van der Waals surface area contributed by atoms with Crippen LogP contribution >= 0.6 is 22.6 Å². The average Bonchev–Trinajstić information content (AvgIpc) is 3.07. The quantitative estimate of drug-likeness (QED) is 0.663. The van der Waals surface area contributed by atoms with Gasteiger partial charge in [-0.2, -0.15) is 0 Å². The molecule has 0 aliphatic carbocycles. The number of nitrogens with zero attached hydrogens (tertiary/aromatic N) is 1. The summed E-state index contributed by atoms with van der Waals surface area (Å²) in [6, 6.07) is 10.5. The van der Waals surface area contributed by atoms with Crippen LogP contribution in [0.5, 0.6) is 11.5 Å². The lowest BCUT2D eigenvalue weighted by atomic mass is 10.1. The standard InChI is InChI=1S/C18H18IN3O4/c1-25-15-9-13(14(19)10-16(15)26-2)17(23)21-11-4-3-5-12(8-11)22-7-6-20-18(22)24/h3-5,8-10H,6-7H2,1-2H3,(H,20,24)(H,21,23). The monoisotopic (exact) mass is 467 g/mol. The van der Waals surface area contributed by atoms with E-state index in [1.54, 1.807) is 42.3 Å². The molecule has 3 rings (SSSR count). The smallest absolute Gasteiger partial charge is 0.321 e. The van der Waals surface area contributed by atoms with E-state index in [2.05, 4.69) is 33.2 Å². The Balaban J connectivity index is 1.83. The maximum Gasteiger partial charge on any atom is 0.321 e. The molecule has 1 aliphatic heterocycles. The molecule has 26 heavy (non-hydrogen) atoms. The molecule has 0 radical (unpaired) electrons. The Morgan fingerprint density at radius 2 is 1.92 bits per heavy atom. The van der Waals surface area contributed by atoms with E-state index in [0.29, 0.717) is 35.8 Å². The van der Waals surface area contributed by atoms with Gasteiger partial charge in [0.15, 0.2) is 11.5 Å². The highest BCUT2D eigenvalue weighted by Gasteiger charge is 2.21. The molecule has 0 spiro atoms. The number of methoxy groups -OCH3 is 2. The van der Waals surface area contributed by atoms with Crippen molar-refractivity contribution in [2.75, 3.05) is 37.5 Å². The van der Waals surface area contributed by atoms with E-state index in [-0.39, 0.29) is 11.9 Å². The van der Waals surface area contributed by atoms with Crippen molar-refractivity contribution in [2.45, 2.75) is 0 Å². The number of amides is 3. The number of benzene rings is 2. The summed E-state index contributed by atoms with van der Waals surface area (Å²) in [6.07, 6.45) is 0. The largest absolute Gasteiger partial charge is 0.493 e. The van der Waals surface area contributed by atoms with Gasteiger partial charge in [-0.1, -0.05) is 6.07 Å². The number of urea groups is 1. The molecule has 0 atom stereocenters. The van der Waals surface area contributed by atoms with Crippen LogP contribution in [0.25, 0.3) is 0 Å². The van der Waals surface area contributed by atoms with Crippen LogP contribution in [0.3, 0.4) is 0 Å². The summed E-state index contributed by atoms with van der Waals surface area (Å²) >= 11 is 2.08. The lowest BCUT2D eigenvalue weighted by Crippen LogP contribution is -2.27. The fraction of sp³-hybridized carbons (Fsp3) is 0.222. The Morgan fingerprint density at radius 3 is 2.58 bits per heavy atom. The number of anilines is 2. The molecule has 3 amide bonds. The Morgan fingerprint density at radius 1 is 1.19 bits per heavy atom. The van der Waals surface area contributed by atoms with Gasteiger partial charge in [0.2, 0.25) is 0 Å². The molecule has 0 bridgehead atoms. The minimum Gasteiger partial charge on any atom is -0.493 e. The van der Waals surface area contributed by atoms with E-state index in [1.807, 2.05) is 6.07 Å². The third-order valence-corrected chi connectivity index (χ3v) is 4.88. The van der Waals surface area contributed by atoms with Crippen molar-refractivity contribution in [1.29, 1.82) is 0 Å². The normalized spacial score (nSPS) is 13.3. The van der Waals surface area contributed by atoms with Crippen molar-refractivity contribution in [1.82, 2.24) is 5.32 Å². The first-order valence-corrected chi connectivity index (χ1v) is 8.99. The summed E-state index contributed by atoms with van der Waals surface area (Å²) in [7, 11) is 3.07. The molecule has 1 heterocycles. The fourth-order valence-corrected chi connectivity index (χ4v) is 3.38. The first-order valence-electron chi connectivity index (χ1n) is 7.92. The molecular weight excluding hydrogens is 449 g/mol. The number of carbonyl (C=O) groups is 2. The second-order valence-electron chi connectivity index (χ2n) is 5.58. The number of halogens is 1. The van der Waals surface area contributed by atoms with E-state index in [9.17, 15) is 9.59 Å². The third-order valence-electron chi connectivity index (χ3n) is 3.99. The lowest BCUT2D eigenvalue weighted by molar-refractivity contribution is 0.102. The van der Waals surface area contributed by atoms with Gasteiger partial charge >= 0.3 is 6.03 Å². The zero-order valence-electron chi connectivity index (χ0n) is 14.3. The van der Waals surface area contributed by atoms with E-state index in [0.717, 1.165) is 9.26 Å². The van der Waals surface area contributed by atoms with Gasteiger partial charge in [-0.15, -0.1) is 0 Å². The highest BCUT2D eigenvalue weighted by Crippen LogP contribution is 2.32. The predicted molar refractivity (Wildman–Crippen MR) is 107 cm³/mol.